The van der Waals surface area contributed by atoms with Gasteiger partial charge in [-0.05, 0) is 38.1 Å². The molecule has 0 fully saturated rings. The zero-order valence-electron chi connectivity index (χ0n) is 11.5. The lowest BCUT2D eigenvalue weighted by Gasteiger charge is -2.13. The number of ether oxygens (including phenoxy) is 1. The maximum absolute atomic E-state index is 13.7. The number of halogens is 3. The molecule has 0 unspecified atom stereocenters. The van der Waals surface area contributed by atoms with Crippen LogP contribution in [0.5, 0.6) is 5.75 Å². The van der Waals surface area contributed by atoms with E-state index < -0.39 is 17.5 Å². The van der Waals surface area contributed by atoms with E-state index in [0.29, 0.717) is 4.90 Å². The van der Waals surface area contributed by atoms with Gasteiger partial charge in [-0.15, -0.1) is 0 Å². The van der Waals surface area contributed by atoms with Crippen molar-refractivity contribution in [1.29, 1.82) is 0 Å². The van der Waals surface area contributed by atoms with Gasteiger partial charge in [0.15, 0.2) is 11.6 Å². The summed E-state index contributed by atoms with van der Waals surface area (Å²) in [4.78, 5) is 0.473. The van der Waals surface area contributed by atoms with Gasteiger partial charge in [0.25, 0.3) is 0 Å². The molecule has 0 bridgehead atoms. The van der Waals surface area contributed by atoms with Crippen LogP contribution in [0.2, 0.25) is 0 Å². The predicted octanol–water partition coefficient (Wildman–Crippen LogP) is 4.62. The Hall–Kier alpha value is -1.82. The van der Waals surface area contributed by atoms with Crippen LogP contribution >= 0.6 is 11.8 Å². The fourth-order valence-corrected chi connectivity index (χ4v) is 2.57. The van der Waals surface area contributed by atoms with Gasteiger partial charge in [0.2, 0.25) is 0 Å². The first kappa shape index (κ1) is 15.6. The van der Waals surface area contributed by atoms with Crippen molar-refractivity contribution in [1.82, 2.24) is 0 Å². The van der Waals surface area contributed by atoms with E-state index in [1.807, 2.05) is 0 Å². The lowest BCUT2D eigenvalue weighted by molar-refractivity contribution is 0.230. The molecule has 0 saturated heterocycles. The molecule has 21 heavy (non-hydrogen) atoms. The van der Waals surface area contributed by atoms with E-state index in [2.05, 4.69) is 0 Å². The minimum Gasteiger partial charge on any atom is -0.488 e. The second-order valence-electron chi connectivity index (χ2n) is 4.66. The minimum atomic E-state index is -0.592. The predicted molar refractivity (Wildman–Crippen MR) is 77.1 cm³/mol. The van der Waals surface area contributed by atoms with Crippen molar-refractivity contribution in [3.8, 4) is 5.75 Å². The summed E-state index contributed by atoms with van der Waals surface area (Å²) in [7, 11) is 0. The summed E-state index contributed by atoms with van der Waals surface area (Å²) in [6.45, 7) is 3.52. The molecule has 0 radical (unpaired) electrons. The number of hydrogen-bond acceptors (Lipinski definition) is 3. The highest BCUT2D eigenvalue weighted by atomic mass is 32.2. The third kappa shape index (κ3) is 3.85. The van der Waals surface area contributed by atoms with Gasteiger partial charge in [-0.1, -0.05) is 11.8 Å². The number of nitrogens with two attached hydrogens (primary N) is 1. The Morgan fingerprint density at radius 2 is 1.71 bits per heavy atom. The maximum Gasteiger partial charge on any atom is 0.167 e. The Balaban J connectivity index is 2.37. The molecule has 2 nitrogen and oxygen atoms in total. The molecule has 0 spiro atoms. The summed E-state index contributed by atoms with van der Waals surface area (Å²) in [5, 5.41) is 0. The first-order valence-corrected chi connectivity index (χ1v) is 7.07. The van der Waals surface area contributed by atoms with Crippen LogP contribution in [0.3, 0.4) is 0 Å². The van der Waals surface area contributed by atoms with Gasteiger partial charge in [-0.25, -0.2) is 13.2 Å². The van der Waals surface area contributed by atoms with Crippen LogP contribution in [0.4, 0.5) is 18.9 Å². The number of anilines is 1. The van der Waals surface area contributed by atoms with Crippen molar-refractivity contribution >= 4 is 17.4 Å². The van der Waals surface area contributed by atoms with E-state index in [1.165, 1.54) is 6.07 Å². The third-order valence-electron chi connectivity index (χ3n) is 2.54. The number of nitrogen functional groups attached to an aromatic ring is 1. The molecule has 2 aromatic rings. The van der Waals surface area contributed by atoms with E-state index in [-0.39, 0.29) is 22.4 Å². The number of rotatable bonds is 4. The first-order chi connectivity index (χ1) is 9.86. The van der Waals surface area contributed by atoms with Crippen molar-refractivity contribution in [2.24, 2.45) is 0 Å². The molecule has 0 aliphatic heterocycles. The van der Waals surface area contributed by atoms with Crippen LogP contribution in [-0.4, -0.2) is 6.10 Å². The standard InChI is InChI=1S/C15H14F3NOS/c1-8(2)20-13-7-15(12(19)6-11(13)18)21-14-5-9(16)3-4-10(14)17/h3-8H,19H2,1-2H3. The van der Waals surface area contributed by atoms with Crippen molar-refractivity contribution in [2.45, 2.75) is 29.7 Å². The average molecular weight is 313 g/mol. The van der Waals surface area contributed by atoms with E-state index in [4.69, 9.17) is 10.5 Å². The lowest BCUT2D eigenvalue weighted by Crippen LogP contribution is -2.07. The molecule has 2 rings (SSSR count). The zero-order chi connectivity index (χ0) is 15.6. The molecule has 0 amide bonds. The van der Waals surface area contributed by atoms with Crippen LogP contribution in [0, 0.1) is 17.5 Å². The Kier molecular flexibility index (Phi) is 4.67. The Morgan fingerprint density at radius 3 is 2.38 bits per heavy atom. The van der Waals surface area contributed by atoms with E-state index in [1.54, 1.807) is 13.8 Å². The molecule has 0 saturated carbocycles. The van der Waals surface area contributed by atoms with Gasteiger partial charge in [0, 0.05) is 16.6 Å². The number of hydrogen-bond donors (Lipinski definition) is 1. The van der Waals surface area contributed by atoms with Crippen molar-refractivity contribution < 1.29 is 17.9 Å². The molecular formula is C15H14F3NOS. The van der Waals surface area contributed by atoms with E-state index in [0.717, 1.165) is 36.0 Å². The van der Waals surface area contributed by atoms with Crippen LogP contribution in [0.25, 0.3) is 0 Å². The van der Waals surface area contributed by atoms with Crippen molar-refractivity contribution in [2.75, 3.05) is 5.73 Å². The fraction of sp³-hybridized carbons (Fsp3) is 0.200. The average Bonchev–Trinajstić information content (AvgIpc) is 2.39. The van der Waals surface area contributed by atoms with Crippen LogP contribution in [0.1, 0.15) is 13.8 Å². The third-order valence-corrected chi connectivity index (χ3v) is 3.65. The molecule has 0 aliphatic carbocycles. The molecule has 0 aromatic heterocycles. The van der Waals surface area contributed by atoms with Gasteiger partial charge >= 0.3 is 0 Å². The summed E-state index contributed by atoms with van der Waals surface area (Å²) in [5.41, 5.74) is 5.86. The first-order valence-electron chi connectivity index (χ1n) is 6.25. The fourth-order valence-electron chi connectivity index (χ4n) is 1.66. The highest BCUT2D eigenvalue weighted by Gasteiger charge is 2.14. The molecule has 6 heteroatoms. The largest absolute Gasteiger partial charge is 0.488 e. The van der Waals surface area contributed by atoms with Crippen molar-refractivity contribution in [3.63, 3.8) is 0 Å². The second-order valence-corrected chi connectivity index (χ2v) is 5.75. The summed E-state index contributed by atoms with van der Waals surface area (Å²) in [6, 6.07) is 5.62. The highest BCUT2D eigenvalue weighted by molar-refractivity contribution is 7.99. The monoisotopic (exact) mass is 313 g/mol. The second kappa shape index (κ2) is 6.30. The normalized spacial score (nSPS) is 11.0. The topological polar surface area (TPSA) is 35.2 Å². The van der Waals surface area contributed by atoms with Crippen LogP contribution < -0.4 is 10.5 Å². The molecular weight excluding hydrogens is 299 g/mol. The minimum absolute atomic E-state index is 0.0264. The van der Waals surface area contributed by atoms with Gasteiger partial charge in [-0.3, -0.25) is 0 Å². The molecule has 0 atom stereocenters. The summed E-state index contributed by atoms with van der Waals surface area (Å²) >= 11 is 0.918. The Labute approximate surface area is 125 Å². The zero-order valence-corrected chi connectivity index (χ0v) is 12.3. The summed E-state index contributed by atoms with van der Waals surface area (Å²) < 4.78 is 45.9. The molecule has 2 aromatic carbocycles. The van der Waals surface area contributed by atoms with Crippen molar-refractivity contribution in [3.05, 3.63) is 47.8 Å². The van der Waals surface area contributed by atoms with Crippen LogP contribution in [-0.2, 0) is 0 Å². The SMILES string of the molecule is CC(C)Oc1cc(Sc2cc(F)ccc2F)c(N)cc1F. The smallest absolute Gasteiger partial charge is 0.167 e. The quantitative estimate of drug-likeness (QED) is 0.836. The molecule has 2 N–H and O–H groups in total. The molecule has 0 heterocycles. The lowest BCUT2D eigenvalue weighted by atomic mass is 10.3. The number of benzene rings is 2. The van der Waals surface area contributed by atoms with Gasteiger partial charge in [0.1, 0.15) is 11.6 Å². The van der Waals surface area contributed by atoms with E-state index >= 15 is 0 Å². The van der Waals surface area contributed by atoms with Gasteiger partial charge in [-0.2, -0.15) is 0 Å². The Bertz CT molecular complexity index is 662. The summed E-state index contributed by atoms with van der Waals surface area (Å²) in [6.07, 6.45) is -0.216. The van der Waals surface area contributed by atoms with Gasteiger partial charge in [0.05, 0.1) is 11.0 Å². The maximum atomic E-state index is 13.7. The highest BCUT2D eigenvalue weighted by Crippen LogP contribution is 2.37. The van der Waals surface area contributed by atoms with Gasteiger partial charge < -0.3 is 10.5 Å². The Morgan fingerprint density at radius 1 is 1.00 bits per heavy atom. The van der Waals surface area contributed by atoms with Crippen LogP contribution in [0.15, 0.2) is 40.1 Å². The van der Waals surface area contributed by atoms with E-state index in [9.17, 15) is 13.2 Å². The molecule has 0 aliphatic rings. The summed E-state index contributed by atoms with van der Waals surface area (Å²) in [5.74, 6) is -1.70. The molecule has 112 valence electrons.